The van der Waals surface area contributed by atoms with E-state index in [9.17, 15) is 0 Å². The number of nitrogen functional groups attached to an aromatic ring is 1. The Kier molecular flexibility index (Phi) is 3.07. The van der Waals surface area contributed by atoms with E-state index < -0.39 is 0 Å². The molecule has 2 aromatic carbocycles. The van der Waals surface area contributed by atoms with Crippen molar-refractivity contribution in [2.75, 3.05) is 5.73 Å². The molecule has 0 spiro atoms. The van der Waals surface area contributed by atoms with Crippen molar-refractivity contribution in [2.24, 2.45) is 0 Å². The van der Waals surface area contributed by atoms with E-state index in [0.29, 0.717) is 5.92 Å². The molecule has 25 heavy (non-hydrogen) atoms. The zero-order valence-electron chi connectivity index (χ0n) is 14.2. The molecule has 1 atom stereocenters. The lowest BCUT2D eigenvalue weighted by atomic mass is 9.94. The molecule has 4 heteroatoms. The molecule has 0 fully saturated rings. The maximum Gasteiger partial charge on any atom is 0.113 e. The van der Waals surface area contributed by atoms with Gasteiger partial charge in [-0.2, -0.15) is 0 Å². The number of fused-ring (bicyclic) bond motifs is 1. The minimum absolute atomic E-state index is 0.435. The first kappa shape index (κ1) is 14.5. The van der Waals surface area contributed by atoms with Crippen LogP contribution in [0.3, 0.4) is 0 Å². The second kappa shape index (κ2) is 5.31. The topological polar surface area (TPSA) is 56.7 Å². The van der Waals surface area contributed by atoms with Crippen LogP contribution in [0.5, 0.6) is 0 Å². The normalized spacial score (nSPS) is 20.5. The highest BCUT2D eigenvalue weighted by molar-refractivity contribution is 5.78. The van der Waals surface area contributed by atoms with Crippen molar-refractivity contribution in [2.45, 2.75) is 32.1 Å². The largest absolute Gasteiger partial charge is 0.399 e. The first-order valence-electron chi connectivity index (χ1n) is 8.90. The fourth-order valence-electron chi connectivity index (χ4n) is 4.18. The van der Waals surface area contributed by atoms with Gasteiger partial charge in [-0.3, -0.25) is 0 Å². The van der Waals surface area contributed by atoms with Crippen LogP contribution in [0.2, 0.25) is 0 Å². The summed E-state index contributed by atoms with van der Waals surface area (Å²) in [6.45, 7) is 2.21. The summed E-state index contributed by atoms with van der Waals surface area (Å²) in [5, 5.41) is 8.71. The van der Waals surface area contributed by atoms with Gasteiger partial charge in [0.1, 0.15) is 5.52 Å². The SMILES string of the molecule is CC/C=C1/CCC2=C1C2c1ccc(N)cc1-n1nnc2ccccc21. The molecule has 4 nitrogen and oxygen atoms in total. The fourth-order valence-corrected chi connectivity index (χ4v) is 4.18. The summed E-state index contributed by atoms with van der Waals surface area (Å²) in [5.74, 6) is 0.435. The third-order valence-corrected chi connectivity index (χ3v) is 5.31. The van der Waals surface area contributed by atoms with E-state index in [1.165, 1.54) is 24.0 Å². The second-order valence-corrected chi connectivity index (χ2v) is 6.82. The van der Waals surface area contributed by atoms with Crippen LogP contribution < -0.4 is 5.73 Å². The van der Waals surface area contributed by atoms with E-state index in [1.54, 1.807) is 11.1 Å². The lowest BCUT2D eigenvalue weighted by Gasteiger charge is -2.15. The fraction of sp³-hybridized carbons (Fsp3) is 0.238. The molecule has 1 aromatic heterocycles. The summed E-state index contributed by atoms with van der Waals surface area (Å²) in [4.78, 5) is 0. The molecule has 1 heterocycles. The maximum absolute atomic E-state index is 6.10. The summed E-state index contributed by atoms with van der Waals surface area (Å²) >= 11 is 0. The Balaban J connectivity index is 1.63. The molecular weight excluding hydrogens is 308 g/mol. The monoisotopic (exact) mass is 328 g/mol. The molecule has 0 radical (unpaired) electrons. The number of nitrogens with zero attached hydrogens (tertiary/aromatic N) is 3. The summed E-state index contributed by atoms with van der Waals surface area (Å²) in [5.41, 5.74) is 15.8. The van der Waals surface area contributed by atoms with Crippen LogP contribution in [-0.2, 0) is 0 Å². The first-order chi connectivity index (χ1) is 12.3. The molecule has 5 rings (SSSR count). The molecule has 1 unspecified atom stereocenters. The number of hydrogen-bond acceptors (Lipinski definition) is 3. The van der Waals surface area contributed by atoms with E-state index >= 15 is 0 Å². The van der Waals surface area contributed by atoms with E-state index in [-0.39, 0.29) is 0 Å². The summed E-state index contributed by atoms with van der Waals surface area (Å²) in [6.07, 6.45) is 5.87. The van der Waals surface area contributed by atoms with Crippen molar-refractivity contribution < 1.29 is 0 Å². The molecule has 2 N–H and O–H groups in total. The summed E-state index contributed by atoms with van der Waals surface area (Å²) in [6, 6.07) is 14.2. The van der Waals surface area contributed by atoms with Crippen LogP contribution in [-0.4, -0.2) is 15.0 Å². The maximum atomic E-state index is 6.10. The number of para-hydroxylation sites is 1. The van der Waals surface area contributed by atoms with Crippen molar-refractivity contribution in [3.8, 4) is 5.69 Å². The lowest BCUT2D eigenvalue weighted by molar-refractivity contribution is 0.807. The number of anilines is 1. The molecular formula is C21H20N4. The van der Waals surface area contributed by atoms with Crippen molar-refractivity contribution in [1.29, 1.82) is 0 Å². The van der Waals surface area contributed by atoms with E-state index in [2.05, 4.69) is 35.4 Å². The Morgan fingerprint density at radius 2 is 2.08 bits per heavy atom. The van der Waals surface area contributed by atoms with Crippen LogP contribution in [0.15, 0.2) is 65.3 Å². The van der Waals surface area contributed by atoms with Gasteiger partial charge in [0.2, 0.25) is 0 Å². The van der Waals surface area contributed by atoms with Crippen LogP contribution >= 0.6 is 0 Å². The Morgan fingerprint density at radius 1 is 1.20 bits per heavy atom. The zero-order valence-corrected chi connectivity index (χ0v) is 14.2. The Bertz CT molecular complexity index is 1050. The number of benzene rings is 2. The quantitative estimate of drug-likeness (QED) is 0.719. The predicted molar refractivity (Wildman–Crippen MR) is 101 cm³/mol. The number of allylic oxidation sites excluding steroid dienone is 4. The molecule has 124 valence electrons. The van der Waals surface area contributed by atoms with Crippen LogP contribution in [0.25, 0.3) is 16.7 Å². The number of nitrogens with two attached hydrogens (primary N) is 1. The second-order valence-electron chi connectivity index (χ2n) is 6.82. The number of rotatable bonds is 3. The molecule has 0 aliphatic heterocycles. The molecule has 3 aromatic rings. The molecule has 0 bridgehead atoms. The summed E-state index contributed by atoms with van der Waals surface area (Å²) in [7, 11) is 0. The summed E-state index contributed by atoms with van der Waals surface area (Å²) < 4.78 is 1.93. The van der Waals surface area contributed by atoms with Gasteiger partial charge in [-0.1, -0.05) is 42.0 Å². The Labute approximate surface area is 146 Å². The van der Waals surface area contributed by atoms with Gasteiger partial charge in [-0.25, -0.2) is 4.68 Å². The molecule has 0 saturated heterocycles. The van der Waals surface area contributed by atoms with Gasteiger partial charge >= 0.3 is 0 Å². The van der Waals surface area contributed by atoms with E-state index in [0.717, 1.165) is 28.8 Å². The third kappa shape index (κ3) is 2.14. The Morgan fingerprint density at radius 3 is 2.96 bits per heavy atom. The van der Waals surface area contributed by atoms with Crippen molar-refractivity contribution in [3.05, 3.63) is 70.8 Å². The van der Waals surface area contributed by atoms with Gasteiger partial charge < -0.3 is 5.73 Å². The van der Waals surface area contributed by atoms with Gasteiger partial charge in [0.05, 0.1) is 11.2 Å². The minimum Gasteiger partial charge on any atom is -0.399 e. The highest BCUT2D eigenvalue weighted by Crippen LogP contribution is 2.60. The molecule has 0 amide bonds. The average molecular weight is 328 g/mol. The van der Waals surface area contributed by atoms with Crippen molar-refractivity contribution in [1.82, 2.24) is 15.0 Å². The molecule has 2 aliphatic rings. The van der Waals surface area contributed by atoms with Gasteiger partial charge in [0, 0.05) is 11.6 Å². The smallest absolute Gasteiger partial charge is 0.113 e. The van der Waals surface area contributed by atoms with Crippen molar-refractivity contribution >= 4 is 16.7 Å². The van der Waals surface area contributed by atoms with Crippen molar-refractivity contribution in [3.63, 3.8) is 0 Å². The zero-order chi connectivity index (χ0) is 17.0. The minimum atomic E-state index is 0.435. The Hall–Kier alpha value is -2.88. The predicted octanol–water partition coefficient (Wildman–Crippen LogP) is 4.53. The number of hydrogen-bond donors (Lipinski definition) is 1. The number of aromatic nitrogens is 3. The molecule has 2 aliphatic carbocycles. The van der Waals surface area contributed by atoms with Crippen LogP contribution in [0.4, 0.5) is 5.69 Å². The van der Waals surface area contributed by atoms with Gasteiger partial charge in [0.25, 0.3) is 0 Å². The standard InChI is InChI=1S/C21H20N4/c1-2-5-13-8-10-16-20(13)21(16)15-11-9-14(22)12-19(15)25-18-7-4-3-6-17(18)23-24-25/h3-7,9,11-12,21H,2,8,10,22H2,1H3/b13-5-. The molecule has 0 saturated carbocycles. The average Bonchev–Trinajstić information content (AvgIpc) is 2.97. The third-order valence-electron chi connectivity index (χ3n) is 5.31. The van der Waals surface area contributed by atoms with E-state index in [1.807, 2.05) is 35.0 Å². The lowest BCUT2D eigenvalue weighted by Crippen LogP contribution is -2.05. The van der Waals surface area contributed by atoms with Gasteiger partial charge in [-0.05, 0) is 60.2 Å². The van der Waals surface area contributed by atoms with Crippen LogP contribution in [0, 0.1) is 0 Å². The van der Waals surface area contributed by atoms with E-state index in [4.69, 9.17) is 5.73 Å². The van der Waals surface area contributed by atoms with Crippen LogP contribution in [0.1, 0.15) is 37.7 Å². The highest BCUT2D eigenvalue weighted by Gasteiger charge is 2.44. The first-order valence-corrected chi connectivity index (χ1v) is 8.90. The van der Waals surface area contributed by atoms with Gasteiger partial charge in [0.15, 0.2) is 0 Å². The highest BCUT2D eigenvalue weighted by atomic mass is 15.4. The van der Waals surface area contributed by atoms with Gasteiger partial charge in [-0.15, -0.1) is 5.10 Å².